The summed E-state index contributed by atoms with van der Waals surface area (Å²) in [5, 5.41) is 9.22. The third-order valence-corrected chi connectivity index (χ3v) is 3.11. The predicted octanol–water partition coefficient (Wildman–Crippen LogP) is 2.22. The summed E-state index contributed by atoms with van der Waals surface area (Å²) in [4.78, 5) is 27.4. The molecule has 0 aliphatic rings. The summed E-state index contributed by atoms with van der Waals surface area (Å²) < 4.78 is 14.2. The molecule has 104 valence electrons. The van der Waals surface area contributed by atoms with Gasteiger partial charge < -0.3 is 5.11 Å². The Bertz CT molecular complexity index is 901. The van der Waals surface area contributed by atoms with E-state index in [9.17, 15) is 14.0 Å². The summed E-state index contributed by atoms with van der Waals surface area (Å²) in [6, 6.07) is 9.55. The second-order valence-electron chi connectivity index (χ2n) is 4.43. The quantitative estimate of drug-likeness (QED) is 0.783. The average Bonchev–Trinajstić information content (AvgIpc) is 2.48. The van der Waals surface area contributed by atoms with Crippen LogP contribution in [0, 0.1) is 5.82 Å². The second kappa shape index (κ2) is 4.82. The molecule has 21 heavy (non-hydrogen) atoms. The minimum Gasteiger partial charge on any atom is -0.478 e. The van der Waals surface area contributed by atoms with E-state index in [1.165, 1.54) is 53.4 Å². The summed E-state index contributed by atoms with van der Waals surface area (Å²) in [6.07, 6.45) is 1.30. The summed E-state index contributed by atoms with van der Waals surface area (Å²) in [5.41, 5.74) is 0.508. The topological polar surface area (TPSA) is 72.2 Å². The van der Waals surface area contributed by atoms with Crippen molar-refractivity contribution in [3.8, 4) is 5.69 Å². The van der Waals surface area contributed by atoms with Crippen molar-refractivity contribution >= 4 is 16.9 Å². The van der Waals surface area contributed by atoms with E-state index >= 15 is 0 Å². The van der Waals surface area contributed by atoms with Crippen LogP contribution in [0.4, 0.5) is 4.39 Å². The van der Waals surface area contributed by atoms with Crippen LogP contribution in [0.2, 0.25) is 0 Å². The third-order valence-electron chi connectivity index (χ3n) is 3.11. The molecule has 0 aliphatic carbocycles. The van der Waals surface area contributed by atoms with Crippen LogP contribution >= 0.6 is 0 Å². The number of fused-ring (bicyclic) bond motifs is 1. The van der Waals surface area contributed by atoms with E-state index in [0.29, 0.717) is 16.6 Å². The second-order valence-corrected chi connectivity index (χ2v) is 4.43. The maximum atomic E-state index is 12.9. The molecule has 0 amide bonds. The lowest BCUT2D eigenvalue weighted by atomic mass is 10.1. The zero-order chi connectivity index (χ0) is 15.0. The van der Waals surface area contributed by atoms with Crippen molar-refractivity contribution in [3.05, 3.63) is 70.5 Å². The molecule has 1 aromatic heterocycles. The summed E-state index contributed by atoms with van der Waals surface area (Å²) in [5.74, 6) is -1.48. The number of hydrogen-bond acceptors (Lipinski definition) is 3. The molecular formula is C15H9FN2O3. The van der Waals surface area contributed by atoms with Crippen LogP contribution in [0.25, 0.3) is 16.6 Å². The highest BCUT2D eigenvalue weighted by Gasteiger charge is 2.09. The van der Waals surface area contributed by atoms with Gasteiger partial charge in [0.1, 0.15) is 12.1 Å². The molecule has 0 atom stereocenters. The number of aromatic carboxylic acids is 1. The van der Waals surface area contributed by atoms with Gasteiger partial charge in [0.05, 0.1) is 22.2 Å². The van der Waals surface area contributed by atoms with Crippen LogP contribution in [-0.4, -0.2) is 20.6 Å². The molecule has 1 N–H and O–H groups in total. The van der Waals surface area contributed by atoms with Crippen molar-refractivity contribution in [1.82, 2.24) is 9.55 Å². The Balaban J connectivity index is 2.21. The fourth-order valence-corrected chi connectivity index (χ4v) is 2.04. The lowest BCUT2D eigenvalue weighted by Gasteiger charge is -2.06. The maximum absolute atomic E-state index is 12.9. The molecule has 0 saturated heterocycles. The summed E-state index contributed by atoms with van der Waals surface area (Å²) in [6.45, 7) is 0. The van der Waals surface area contributed by atoms with Crippen molar-refractivity contribution in [1.29, 1.82) is 0 Å². The number of carboxylic acids is 1. The minimum atomic E-state index is -1.08. The molecule has 0 unspecified atom stereocenters. The number of rotatable bonds is 2. The van der Waals surface area contributed by atoms with Crippen molar-refractivity contribution in [2.24, 2.45) is 0 Å². The number of halogens is 1. The number of hydrogen-bond donors (Lipinski definition) is 1. The largest absolute Gasteiger partial charge is 0.478 e. The third kappa shape index (κ3) is 2.27. The Kier molecular flexibility index (Phi) is 2.98. The van der Waals surface area contributed by atoms with Gasteiger partial charge in [0.25, 0.3) is 5.56 Å². The first-order valence-corrected chi connectivity index (χ1v) is 6.07. The molecule has 0 fully saturated rings. The van der Waals surface area contributed by atoms with E-state index < -0.39 is 11.8 Å². The first-order chi connectivity index (χ1) is 10.1. The van der Waals surface area contributed by atoms with Gasteiger partial charge in [0.2, 0.25) is 0 Å². The van der Waals surface area contributed by atoms with E-state index in [1.54, 1.807) is 0 Å². The van der Waals surface area contributed by atoms with Gasteiger partial charge >= 0.3 is 5.97 Å². The van der Waals surface area contributed by atoms with Crippen LogP contribution in [0.5, 0.6) is 0 Å². The first-order valence-electron chi connectivity index (χ1n) is 6.07. The van der Waals surface area contributed by atoms with E-state index in [2.05, 4.69) is 4.98 Å². The van der Waals surface area contributed by atoms with Gasteiger partial charge in [-0.05, 0) is 42.5 Å². The van der Waals surface area contributed by atoms with Gasteiger partial charge in [0, 0.05) is 0 Å². The van der Waals surface area contributed by atoms with Gasteiger partial charge in [-0.1, -0.05) is 0 Å². The number of carboxylic acid groups (broad SMARTS) is 1. The van der Waals surface area contributed by atoms with Crippen molar-refractivity contribution in [2.75, 3.05) is 0 Å². The van der Waals surface area contributed by atoms with Crippen LogP contribution in [0.1, 0.15) is 10.4 Å². The first kappa shape index (κ1) is 13.0. The van der Waals surface area contributed by atoms with Crippen LogP contribution in [-0.2, 0) is 0 Å². The van der Waals surface area contributed by atoms with E-state index in [0.717, 1.165) is 0 Å². The van der Waals surface area contributed by atoms with Gasteiger partial charge in [0.15, 0.2) is 0 Å². The predicted molar refractivity (Wildman–Crippen MR) is 74.3 cm³/mol. The number of carbonyl (C=O) groups is 1. The molecule has 3 rings (SSSR count). The monoisotopic (exact) mass is 284 g/mol. The normalized spacial score (nSPS) is 10.7. The van der Waals surface area contributed by atoms with Crippen LogP contribution in [0.3, 0.4) is 0 Å². The number of nitrogens with zero attached hydrogens (tertiary/aromatic N) is 2. The van der Waals surface area contributed by atoms with E-state index in [-0.39, 0.29) is 11.1 Å². The summed E-state index contributed by atoms with van der Waals surface area (Å²) >= 11 is 0. The lowest BCUT2D eigenvalue weighted by molar-refractivity contribution is 0.0697. The molecular weight excluding hydrogens is 275 g/mol. The lowest BCUT2D eigenvalue weighted by Crippen LogP contribution is -2.19. The smallest absolute Gasteiger partial charge is 0.335 e. The van der Waals surface area contributed by atoms with Crippen LogP contribution in [0.15, 0.2) is 53.6 Å². The molecule has 0 bridgehead atoms. The minimum absolute atomic E-state index is 0.0638. The Labute approximate surface area is 117 Å². The van der Waals surface area contributed by atoms with Gasteiger partial charge in [-0.3, -0.25) is 9.36 Å². The van der Waals surface area contributed by atoms with Gasteiger partial charge in [-0.15, -0.1) is 0 Å². The molecule has 0 spiro atoms. The fourth-order valence-electron chi connectivity index (χ4n) is 2.04. The molecule has 5 nitrogen and oxygen atoms in total. The zero-order valence-corrected chi connectivity index (χ0v) is 10.7. The molecule has 6 heteroatoms. The average molecular weight is 284 g/mol. The standard InChI is InChI=1S/C15H9FN2O3/c16-10-2-4-11(5-3-10)18-8-17-13-7-9(15(20)21)1-6-12(13)14(18)19/h1-8H,(H,20,21). The number of aromatic nitrogens is 2. The molecule has 0 radical (unpaired) electrons. The van der Waals surface area contributed by atoms with Crippen molar-refractivity contribution in [2.45, 2.75) is 0 Å². The van der Waals surface area contributed by atoms with E-state index in [4.69, 9.17) is 5.11 Å². The van der Waals surface area contributed by atoms with E-state index in [1.807, 2.05) is 0 Å². The Morgan fingerprint density at radius 1 is 1.14 bits per heavy atom. The SMILES string of the molecule is O=C(O)c1ccc2c(=O)n(-c3ccc(F)cc3)cnc2c1. The zero-order valence-electron chi connectivity index (χ0n) is 10.7. The Morgan fingerprint density at radius 3 is 2.52 bits per heavy atom. The molecule has 2 aromatic carbocycles. The Hall–Kier alpha value is -3.02. The van der Waals surface area contributed by atoms with Gasteiger partial charge in [-0.25, -0.2) is 14.2 Å². The number of benzene rings is 2. The van der Waals surface area contributed by atoms with Crippen LogP contribution < -0.4 is 5.56 Å². The van der Waals surface area contributed by atoms with Crippen molar-refractivity contribution < 1.29 is 14.3 Å². The summed E-state index contributed by atoms with van der Waals surface area (Å²) in [7, 11) is 0. The fraction of sp³-hybridized carbons (Fsp3) is 0. The highest BCUT2D eigenvalue weighted by atomic mass is 19.1. The van der Waals surface area contributed by atoms with Crippen molar-refractivity contribution in [3.63, 3.8) is 0 Å². The maximum Gasteiger partial charge on any atom is 0.335 e. The van der Waals surface area contributed by atoms with Gasteiger partial charge in [-0.2, -0.15) is 0 Å². The highest BCUT2D eigenvalue weighted by molar-refractivity contribution is 5.92. The highest BCUT2D eigenvalue weighted by Crippen LogP contribution is 2.12. The molecule has 0 saturated carbocycles. The molecule has 3 aromatic rings. The molecule has 0 aliphatic heterocycles. The Morgan fingerprint density at radius 2 is 1.86 bits per heavy atom. The molecule has 1 heterocycles.